The molecule has 0 bridgehead atoms. The standard InChI is InChI=1S/C15H23N5OS/c1-6-20-12(5)13(11(4)19-20)18-15(21)16-7-9(2)14-17-10(3)8-22-14/h8-9H,6-7H2,1-5H3,(H2,16,18,21)/t9-/m0/s1. The van der Waals surface area contributed by atoms with Crippen LogP contribution < -0.4 is 10.6 Å². The molecule has 2 heterocycles. The van der Waals surface area contributed by atoms with Crippen LogP contribution in [-0.4, -0.2) is 27.3 Å². The summed E-state index contributed by atoms with van der Waals surface area (Å²) >= 11 is 1.63. The second-order valence-corrected chi connectivity index (χ2v) is 6.31. The van der Waals surface area contributed by atoms with Gasteiger partial charge >= 0.3 is 6.03 Å². The Labute approximate surface area is 135 Å². The van der Waals surface area contributed by atoms with Gasteiger partial charge in [0.1, 0.15) is 0 Å². The van der Waals surface area contributed by atoms with E-state index in [9.17, 15) is 4.79 Å². The summed E-state index contributed by atoms with van der Waals surface area (Å²) in [6.45, 7) is 11.3. The van der Waals surface area contributed by atoms with E-state index in [0.717, 1.165) is 34.3 Å². The van der Waals surface area contributed by atoms with Gasteiger partial charge in [-0.05, 0) is 27.7 Å². The number of amides is 2. The van der Waals surface area contributed by atoms with Crippen LogP contribution in [0.2, 0.25) is 0 Å². The molecule has 2 aromatic rings. The van der Waals surface area contributed by atoms with Crippen molar-refractivity contribution >= 4 is 23.1 Å². The van der Waals surface area contributed by atoms with Crippen molar-refractivity contribution < 1.29 is 4.79 Å². The van der Waals surface area contributed by atoms with Gasteiger partial charge in [-0.1, -0.05) is 6.92 Å². The van der Waals surface area contributed by atoms with Gasteiger partial charge in [0.25, 0.3) is 0 Å². The fourth-order valence-corrected chi connectivity index (χ4v) is 3.13. The molecule has 0 saturated heterocycles. The van der Waals surface area contributed by atoms with Gasteiger partial charge in [0, 0.05) is 30.1 Å². The number of nitrogens with one attached hydrogen (secondary N) is 2. The van der Waals surface area contributed by atoms with Gasteiger partial charge in [-0.2, -0.15) is 5.10 Å². The third-order valence-electron chi connectivity index (χ3n) is 3.55. The highest BCUT2D eigenvalue weighted by Gasteiger charge is 2.15. The van der Waals surface area contributed by atoms with Crippen molar-refractivity contribution in [1.29, 1.82) is 0 Å². The number of hydrogen-bond acceptors (Lipinski definition) is 4. The Balaban J connectivity index is 1.92. The summed E-state index contributed by atoms with van der Waals surface area (Å²) in [7, 11) is 0. The first kappa shape index (κ1) is 16.5. The summed E-state index contributed by atoms with van der Waals surface area (Å²) in [5, 5.41) is 13.3. The molecule has 0 aromatic carbocycles. The minimum absolute atomic E-state index is 0.199. The molecule has 0 unspecified atom stereocenters. The quantitative estimate of drug-likeness (QED) is 0.888. The van der Waals surface area contributed by atoms with E-state index < -0.39 is 0 Å². The molecule has 0 radical (unpaired) electrons. The second kappa shape index (κ2) is 6.91. The molecule has 0 saturated carbocycles. The van der Waals surface area contributed by atoms with Crippen LogP contribution in [0.5, 0.6) is 0 Å². The monoisotopic (exact) mass is 321 g/mol. The number of urea groups is 1. The fourth-order valence-electron chi connectivity index (χ4n) is 2.28. The van der Waals surface area contributed by atoms with Crippen molar-refractivity contribution in [3.05, 3.63) is 27.5 Å². The first-order valence-electron chi connectivity index (χ1n) is 7.43. The predicted molar refractivity (Wildman–Crippen MR) is 89.7 cm³/mol. The number of carbonyl (C=O) groups excluding carboxylic acids is 1. The number of aromatic nitrogens is 3. The molecule has 0 aliphatic rings. The van der Waals surface area contributed by atoms with E-state index in [0.29, 0.717) is 6.54 Å². The lowest BCUT2D eigenvalue weighted by Gasteiger charge is -2.11. The molecule has 2 N–H and O–H groups in total. The first-order chi connectivity index (χ1) is 10.4. The van der Waals surface area contributed by atoms with Crippen LogP contribution in [0.1, 0.15) is 41.9 Å². The Kier molecular flexibility index (Phi) is 5.18. The van der Waals surface area contributed by atoms with Crippen molar-refractivity contribution in [1.82, 2.24) is 20.1 Å². The molecule has 0 aliphatic heterocycles. The molecule has 7 heteroatoms. The highest BCUT2D eigenvalue weighted by molar-refractivity contribution is 7.09. The zero-order chi connectivity index (χ0) is 16.3. The minimum atomic E-state index is -0.206. The van der Waals surface area contributed by atoms with Crippen LogP contribution in [0.4, 0.5) is 10.5 Å². The van der Waals surface area contributed by atoms with E-state index in [-0.39, 0.29) is 11.9 Å². The summed E-state index contributed by atoms with van der Waals surface area (Å²) in [5.41, 5.74) is 3.61. The third-order valence-corrected chi connectivity index (χ3v) is 4.74. The van der Waals surface area contributed by atoms with Crippen molar-refractivity contribution in [2.45, 2.75) is 47.1 Å². The summed E-state index contributed by atoms with van der Waals surface area (Å²) in [6.07, 6.45) is 0. The Morgan fingerprint density at radius 1 is 1.41 bits per heavy atom. The number of aryl methyl sites for hydroxylation is 3. The lowest BCUT2D eigenvalue weighted by molar-refractivity contribution is 0.251. The lowest BCUT2D eigenvalue weighted by Crippen LogP contribution is -2.32. The zero-order valence-electron chi connectivity index (χ0n) is 13.7. The summed E-state index contributed by atoms with van der Waals surface area (Å²) in [4.78, 5) is 16.5. The van der Waals surface area contributed by atoms with Crippen LogP contribution in [0, 0.1) is 20.8 Å². The normalized spacial score (nSPS) is 12.2. The lowest BCUT2D eigenvalue weighted by atomic mass is 10.2. The van der Waals surface area contributed by atoms with Gasteiger partial charge in [-0.25, -0.2) is 9.78 Å². The highest BCUT2D eigenvalue weighted by atomic mass is 32.1. The molecule has 0 fully saturated rings. The average molecular weight is 321 g/mol. The molecule has 0 aliphatic carbocycles. The Bertz CT molecular complexity index is 661. The first-order valence-corrected chi connectivity index (χ1v) is 8.31. The van der Waals surface area contributed by atoms with Crippen LogP contribution >= 0.6 is 11.3 Å². The van der Waals surface area contributed by atoms with E-state index >= 15 is 0 Å². The number of carbonyl (C=O) groups is 1. The van der Waals surface area contributed by atoms with Gasteiger partial charge in [0.2, 0.25) is 0 Å². The number of nitrogens with zero attached hydrogens (tertiary/aromatic N) is 3. The predicted octanol–water partition coefficient (Wildman–Crippen LogP) is 3.21. The molecule has 2 aromatic heterocycles. The van der Waals surface area contributed by atoms with E-state index in [1.54, 1.807) is 11.3 Å². The van der Waals surface area contributed by atoms with Gasteiger partial charge < -0.3 is 10.6 Å². The fraction of sp³-hybridized carbons (Fsp3) is 0.533. The van der Waals surface area contributed by atoms with E-state index in [4.69, 9.17) is 0 Å². The van der Waals surface area contributed by atoms with Crippen molar-refractivity contribution in [3.63, 3.8) is 0 Å². The second-order valence-electron chi connectivity index (χ2n) is 5.42. The van der Waals surface area contributed by atoms with Crippen LogP contribution in [0.15, 0.2) is 5.38 Å². The number of rotatable bonds is 5. The molecule has 0 spiro atoms. The topological polar surface area (TPSA) is 71.8 Å². The van der Waals surface area contributed by atoms with Crippen LogP contribution in [0.25, 0.3) is 0 Å². The number of anilines is 1. The van der Waals surface area contributed by atoms with Gasteiger partial charge in [-0.3, -0.25) is 4.68 Å². The maximum Gasteiger partial charge on any atom is 0.319 e. The van der Waals surface area contributed by atoms with Crippen molar-refractivity contribution in [3.8, 4) is 0 Å². The van der Waals surface area contributed by atoms with Gasteiger partial charge in [0.05, 0.1) is 22.1 Å². The van der Waals surface area contributed by atoms with E-state index in [1.807, 2.05) is 37.8 Å². The molecule has 22 heavy (non-hydrogen) atoms. The highest BCUT2D eigenvalue weighted by Crippen LogP contribution is 2.20. The largest absolute Gasteiger partial charge is 0.337 e. The third kappa shape index (κ3) is 3.65. The zero-order valence-corrected chi connectivity index (χ0v) is 14.5. The van der Waals surface area contributed by atoms with Crippen molar-refractivity contribution in [2.75, 3.05) is 11.9 Å². The molecule has 6 nitrogen and oxygen atoms in total. The maximum atomic E-state index is 12.1. The summed E-state index contributed by atoms with van der Waals surface area (Å²) in [6, 6.07) is -0.206. The van der Waals surface area contributed by atoms with Gasteiger partial charge in [0.15, 0.2) is 0 Å². The van der Waals surface area contributed by atoms with E-state index in [1.165, 1.54) is 0 Å². The molecule has 1 atom stereocenters. The Morgan fingerprint density at radius 3 is 2.68 bits per heavy atom. The van der Waals surface area contributed by atoms with Crippen molar-refractivity contribution in [2.24, 2.45) is 0 Å². The minimum Gasteiger partial charge on any atom is -0.337 e. The average Bonchev–Trinajstić information content (AvgIpc) is 3.03. The SMILES string of the molecule is CCn1nc(C)c(NC(=O)NC[C@H](C)c2nc(C)cs2)c1C. The molecule has 2 amide bonds. The van der Waals surface area contributed by atoms with Gasteiger partial charge in [-0.15, -0.1) is 11.3 Å². The van der Waals surface area contributed by atoms with Crippen LogP contribution in [-0.2, 0) is 6.54 Å². The number of thiazole rings is 1. The molecular formula is C15H23N5OS. The van der Waals surface area contributed by atoms with Crippen LogP contribution in [0.3, 0.4) is 0 Å². The number of hydrogen-bond donors (Lipinski definition) is 2. The summed E-state index contributed by atoms with van der Waals surface area (Å²) < 4.78 is 1.88. The maximum absolute atomic E-state index is 12.1. The smallest absolute Gasteiger partial charge is 0.319 e. The van der Waals surface area contributed by atoms with E-state index in [2.05, 4.69) is 27.6 Å². The Morgan fingerprint density at radius 2 is 2.14 bits per heavy atom. The molecular weight excluding hydrogens is 298 g/mol. The summed E-state index contributed by atoms with van der Waals surface area (Å²) in [5.74, 6) is 0.199. The molecule has 2 rings (SSSR count). The Hall–Kier alpha value is -1.89. The molecule has 120 valence electrons.